The SMILES string of the molecule is Cc1ccc(CSCC(=O)Nc2cc(S(=O)(=O)N3CCOCC3)ccc2N2CCCC2)cc1. The summed E-state index contributed by atoms with van der Waals surface area (Å²) in [6.07, 6.45) is 2.18. The molecule has 2 heterocycles. The number of nitrogens with zero attached hydrogens (tertiary/aromatic N) is 2. The van der Waals surface area contributed by atoms with E-state index in [1.165, 1.54) is 15.4 Å². The smallest absolute Gasteiger partial charge is 0.243 e. The molecular formula is C24H31N3O4S2. The van der Waals surface area contributed by atoms with E-state index in [0.29, 0.717) is 37.7 Å². The van der Waals surface area contributed by atoms with Gasteiger partial charge in [0.2, 0.25) is 15.9 Å². The van der Waals surface area contributed by atoms with Crippen LogP contribution in [0.2, 0.25) is 0 Å². The number of hydrogen-bond donors (Lipinski definition) is 1. The first-order chi connectivity index (χ1) is 15.9. The number of aryl methyl sites for hydroxylation is 1. The molecule has 2 aliphatic rings. The normalized spacial score (nSPS) is 17.3. The molecule has 4 rings (SSSR count). The van der Waals surface area contributed by atoms with Gasteiger partial charge in [0.15, 0.2) is 0 Å². The lowest BCUT2D eigenvalue weighted by atomic mass is 10.2. The number of hydrogen-bond acceptors (Lipinski definition) is 6. The summed E-state index contributed by atoms with van der Waals surface area (Å²) in [5.41, 5.74) is 3.83. The zero-order valence-electron chi connectivity index (χ0n) is 19.0. The van der Waals surface area contributed by atoms with Crippen LogP contribution < -0.4 is 10.2 Å². The Balaban J connectivity index is 1.48. The van der Waals surface area contributed by atoms with Crippen LogP contribution in [0.5, 0.6) is 0 Å². The van der Waals surface area contributed by atoms with Crippen LogP contribution in [0.25, 0.3) is 0 Å². The first-order valence-corrected chi connectivity index (χ1v) is 13.9. The number of anilines is 2. The van der Waals surface area contributed by atoms with Crippen LogP contribution in [0.4, 0.5) is 11.4 Å². The van der Waals surface area contributed by atoms with Gasteiger partial charge >= 0.3 is 0 Å². The van der Waals surface area contributed by atoms with Crippen molar-refractivity contribution in [2.24, 2.45) is 0 Å². The monoisotopic (exact) mass is 489 g/mol. The number of ether oxygens (including phenoxy) is 1. The Labute approximate surface area is 200 Å². The Hall–Kier alpha value is -2.07. The van der Waals surface area contributed by atoms with Gasteiger partial charge in [0.25, 0.3) is 0 Å². The Kier molecular flexibility index (Phi) is 7.95. The van der Waals surface area contributed by atoms with Gasteiger partial charge in [0, 0.05) is 31.9 Å². The van der Waals surface area contributed by atoms with Crippen molar-refractivity contribution in [2.45, 2.75) is 30.4 Å². The number of morpholine rings is 1. The molecule has 0 saturated carbocycles. The minimum absolute atomic E-state index is 0.131. The number of thioether (sulfide) groups is 1. The highest BCUT2D eigenvalue weighted by atomic mass is 32.2. The second kappa shape index (κ2) is 10.9. The first kappa shape index (κ1) is 24.1. The quantitative estimate of drug-likeness (QED) is 0.612. The highest BCUT2D eigenvalue weighted by Gasteiger charge is 2.28. The van der Waals surface area contributed by atoms with Crippen molar-refractivity contribution in [3.05, 3.63) is 53.6 Å². The zero-order valence-corrected chi connectivity index (χ0v) is 20.6. The lowest BCUT2D eigenvalue weighted by Crippen LogP contribution is -2.40. The van der Waals surface area contributed by atoms with Crippen LogP contribution in [-0.2, 0) is 25.3 Å². The van der Waals surface area contributed by atoms with E-state index >= 15 is 0 Å². The van der Waals surface area contributed by atoms with E-state index < -0.39 is 10.0 Å². The number of benzene rings is 2. The van der Waals surface area contributed by atoms with E-state index in [1.54, 1.807) is 23.9 Å². The van der Waals surface area contributed by atoms with E-state index in [-0.39, 0.29) is 10.8 Å². The Morgan fingerprint density at radius 3 is 2.42 bits per heavy atom. The van der Waals surface area contributed by atoms with Crippen LogP contribution in [0.3, 0.4) is 0 Å². The van der Waals surface area contributed by atoms with Gasteiger partial charge in [0.05, 0.1) is 35.2 Å². The van der Waals surface area contributed by atoms with Crippen molar-refractivity contribution >= 4 is 39.1 Å². The highest BCUT2D eigenvalue weighted by molar-refractivity contribution is 7.99. The van der Waals surface area contributed by atoms with Gasteiger partial charge in [-0.3, -0.25) is 4.79 Å². The Bertz CT molecular complexity index is 1060. The minimum atomic E-state index is -3.64. The van der Waals surface area contributed by atoms with Gasteiger partial charge < -0.3 is 15.0 Å². The molecule has 2 aromatic carbocycles. The molecule has 2 aliphatic heterocycles. The fraction of sp³-hybridized carbons (Fsp3) is 0.458. The summed E-state index contributed by atoms with van der Waals surface area (Å²) in [7, 11) is -3.64. The van der Waals surface area contributed by atoms with Crippen LogP contribution in [0.1, 0.15) is 24.0 Å². The number of carbonyl (C=O) groups is 1. The Morgan fingerprint density at radius 1 is 1.03 bits per heavy atom. The van der Waals surface area contributed by atoms with Crippen molar-refractivity contribution in [2.75, 3.05) is 55.4 Å². The number of rotatable bonds is 8. The molecule has 2 aromatic rings. The molecule has 2 saturated heterocycles. The first-order valence-electron chi connectivity index (χ1n) is 11.3. The van der Waals surface area contributed by atoms with Gasteiger partial charge in [-0.15, -0.1) is 11.8 Å². The third kappa shape index (κ3) is 6.09. The number of sulfonamides is 1. The largest absolute Gasteiger partial charge is 0.379 e. The number of nitrogens with one attached hydrogen (secondary N) is 1. The summed E-state index contributed by atoms with van der Waals surface area (Å²) >= 11 is 1.54. The molecule has 178 valence electrons. The number of carbonyl (C=O) groups excluding carboxylic acids is 1. The maximum atomic E-state index is 13.2. The molecule has 7 nitrogen and oxygen atoms in total. The van der Waals surface area contributed by atoms with Crippen LogP contribution in [0, 0.1) is 6.92 Å². The molecule has 0 unspecified atom stereocenters. The fourth-order valence-electron chi connectivity index (χ4n) is 4.08. The third-order valence-electron chi connectivity index (χ3n) is 5.92. The molecule has 33 heavy (non-hydrogen) atoms. The standard InChI is InChI=1S/C24H31N3O4S2/c1-19-4-6-20(7-5-19)17-32-18-24(28)25-22-16-21(8-9-23(22)26-10-2-3-11-26)33(29,30)27-12-14-31-15-13-27/h4-9,16H,2-3,10-15,17-18H2,1H3,(H,25,28). The molecular weight excluding hydrogens is 458 g/mol. The molecule has 1 N–H and O–H groups in total. The molecule has 0 spiro atoms. The van der Waals surface area contributed by atoms with Gasteiger partial charge in [-0.1, -0.05) is 29.8 Å². The topological polar surface area (TPSA) is 79.0 Å². The van der Waals surface area contributed by atoms with E-state index in [9.17, 15) is 13.2 Å². The van der Waals surface area contributed by atoms with E-state index in [2.05, 4.69) is 41.4 Å². The average molecular weight is 490 g/mol. The molecule has 0 aliphatic carbocycles. The van der Waals surface area contributed by atoms with Gasteiger partial charge in [-0.05, 0) is 43.5 Å². The minimum Gasteiger partial charge on any atom is -0.379 e. The molecule has 9 heteroatoms. The molecule has 0 aromatic heterocycles. The van der Waals surface area contributed by atoms with Crippen LogP contribution in [-0.4, -0.2) is 63.8 Å². The summed E-state index contributed by atoms with van der Waals surface area (Å²) in [4.78, 5) is 15.2. The maximum absolute atomic E-state index is 13.2. The third-order valence-corrected chi connectivity index (χ3v) is 8.82. The van der Waals surface area contributed by atoms with E-state index in [1.807, 2.05) is 6.07 Å². The molecule has 0 radical (unpaired) electrons. The summed E-state index contributed by atoms with van der Waals surface area (Å²) in [5, 5.41) is 2.99. The average Bonchev–Trinajstić information content (AvgIpc) is 3.36. The lowest BCUT2D eigenvalue weighted by Gasteiger charge is -2.27. The zero-order chi connectivity index (χ0) is 23.3. The van der Waals surface area contributed by atoms with Crippen molar-refractivity contribution in [3.8, 4) is 0 Å². The summed E-state index contributed by atoms with van der Waals surface area (Å²) in [6, 6.07) is 13.4. The Morgan fingerprint density at radius 2 is 1.73 bits per heavy atom. The second-order valence-electron chi connectivity index (χ2n) is 8.42. The molecule has 0 atom stereocenters. The maximum Gasteiger partial charge on any atom is 0.243 e. The fourth-order valence-corrected chi connectivity index (χ4v) is 6.30. The van der Waals surface area contributed by atoms with Crippen molar-refractivity contribution in [1.29, 1.82) is 0 Å². The number of amides is 1. The van der Waals surface area contributed by atoms with Crippen molar-refractivity contribution < 1.29 is 17.9 Å². The summed E-state index contributed by atoms with van der Waals surface area (Å²) in [5.74, 6) is 0.916. The summed E-state index contributed by atoms with van der Waals surface area (Å²) in [6.45, 7) is 5.33. The van der Waals surface area contributed by atoms with Crippen LogP contribution in [0.15, 0.2) is 47.4 Å². The molecule has 1 amide bonds. The van der Waals surface area contributed by atoms with Gasteiger partial charge in [-0.25, -0.2) is 8.42 Å². The predicted molar refractivity (Wildman–Crippen MR) is 133 cm³/mol. The van der Waals surface area contributed by atoms with Gasteiger partial charge in [-0.2, -0.15) is 4.31 Å². The van der Waals surface area contributed by atoms with Crippen molar-refractivity contribution in [3.63, 3.8) is 0 Å². The summed E-state index contributed by atoms with van der Waals surface area (Å²) < 4.78 is 33.0. The lowest BCUT2D eigenvalue weighted by molar-refractivity contribution is -0.113. The molecule has 2 fully saturated rings. The van der Waals surface area contributed by atoms with Crippen molar-refractivity contribution in [1.82, 2.24) is 4.31 Å². The van der Waals surface area contributed by atoms with E-state index in [0.717, 1.165) is 37.4 Å². The van der Waals surface area contributed by atoms with Gasteiger partial charge in [0.1, 0.15) is 0 Å². The second-order valence-corrected chi connectivity index (χ2v) is 11.3. The highest BCUT2D eigenvalue weighted by Crippen LogP contribution is 2.32. The van der Waals surface area contributed by atoms with E-state index in [4.69, 9.17) is 4.74 Å². The molecule has 0 bridgehead atoms. The predicted octanol–water partition coefficient (Wildman–Crippen LogP) is 3.49. The van der Waals surface area contributed by atoms with Crippen LogP contribution >= 0.6 is 11.8 Å².